The first-order valence-corrected chi connectivity index (χ1v) is 9.65. The van der Waals surface area contributed by atoms with E-state index in [4.69, 9.17) is 5.73 Å². The van der Waals surface area contributed by atoms with E-state index in [0.717, 1.165) is 15.1 Å². The maximum Gasteiger partial charge on any atom is 0.390 e. The van der Waals surface area contributed by atoms with Crippen molar-refractivity contribution in [2.24, 2.45) is 5.10 Å². The molecule has 0 aliphatic heterocycles. The fourth-order valence-electron chi connectivity index (χ4n) is 3.18. The van der Waals surface area contributed by atoms with Crippen molar-refractivity contribution in [2.45, 2.75) is 33.4 Å². The molecule has 9 nitrogen and oxygen atoms in total. The lowest BCUT2D eigenvalue weighted by molar-refractivity contribution is -0.137. The minimum absolute atomic E-state index is 0.0327. The molecule has 0 atom stereocenters. The van der Waals surface area contributed by atoms with Crippen LogP contribution in [0.5, 0.6) is 0 Å². The summed E-state index contributed by atoms with van der Waals surface area (Å²) >= 11 is 0. The highest BCUT2D eigenvalue weighted by molar-refractivity contribution is 5.73. The van der Waals surface area contributed by atoms with Crippen LogP contribution >= 0.6 is 0 Å². The van der Waals surface area contributed by atoms with Crippen LogP contribution in [0.4, 0.5) is 19.1 Å². The molecule has 0 aliphatic rings. The highest BCUT2D eigenvalue weighted by atomic mass is 19.4. The Morgan fingerprint density at radius 2 is 1.84 bits per heavy atom. The van der Waals surface area contributed by atoms with Gasteiger partial charge in [0.05, 0.1) is 18.2 Å². The molecule has 3 aromatic heterocycles. The molecular weight excluding hydrogens is 425 g/mol. The van der Waals surface area contributed by atoms with Gasteiger partial charge in [0.1, 0.15) is 0 Å². The monoisotopic (exact) mass is 448 g/mol. The zero-order chi connectivity index (χ0) is 23.6. The average molecular weight is 448 g/mol. The van der Waals surface area contributed by atoms with E-state index in [0.29, 0.717) is 28.9 Å². The summed E-state index contributed by atoms with van der Waals surface area (Å²) in [5.41, 5.74) is 9.29. The molecule has 0 aromatic carbocycles. The fraction of sp³-hybridized carbons (Fsp3) is 0.350. The Bertz CT molecular complexity index is 1190. The first kappa shape index (κ1) is 23.0. The van der Waals surface area contributed by atoms with Crippen LogP contribution in [0, 0.1) is 20.8 Å². The van der Waals surface area contributed by atoms with Gasteiger partial charge in [-0.15, -0.1) is 0 Å². The smallest absolute Gasteiger partial charge is 0.369 e. The van der Waals surface area contributed by atoms with Crippen LogP contribution in [0.1, 0.15) is 23.4 Å². The van der Waals surface area contributed by atoms with E-state index in [1.807, 2.05) is 6.92 Å². The van der Waals surface area contributed by atoms with Crippen LogP contribution in [0.25, 0.3) is 16.9 Å². The maximum atomic E-state index is 12.7. The standard InChI is InChI=1S/C20H23F3N8O/c1-12-9-25-31(10-12)17-16(15-7-13(2)26-14(3)8-15)18(30(11-32)19(24)27-17)28-29(4)6-5-20(21,22)23/h7-11H,5-6H2,1-4H3,(H2,24,27)/b28-18-. The summed E-state index contributed by atoms with van der Waals surface area (Å²) in [5, 5.41) is 9.71. The molecule has 0 radical (unpaired) electrons. The Labute approximate surface area is 182 Å². The number of carbonyl (C=O) groups is 1. The van der Waals surface area contributed by atoms with Crippen molar-refractivity contribution in [3.63, 3.8) is 0 Å². The number of carbonyl (C=O) groups excluding carboxylic acids is 1. The lowest BCUT2D eigenvalue weighted by Crippen LogP contribution is -2.32. The van der Waals surface area contributed by atoms with Crippen LogP contribution < -0.4 is 11.2 Å². The average Bonchev–Trinajstić information content (AvgIpc) is 3.11. The van der Waals surface area contributed by atoms with Gasteiger partial charge in [-0.05, 0) is 44.0 Å². The van der Waals surface area contributed by atoms with Crippen LogP contribution in [0.3, 0.4) is 0 Å². The fourth-order valence-corrected chi connectivity index (χ4v) is 3.18. The van der Waals surface area contributed by atoms with Crippen molar-refractivity contribution in [1.29, 1.82) is 0 Å². The van der Waals surface area contributed by atoms with Crippen molar-refractivity contribution < 1.29 is 18.0 Å². The van der Waals surface area contributed by atoms with E-state index < -0.39 is 19.1 Å². The Balaban J connectivity index is 2.35. The number of alkyl halides is 3. The number of nitrogen functional groups attached to an aromatic ring is 1. The molecule has 2 N–H and O–H groups in total. The molecule has 0 bridgehead atoms. The number of halogens is 3. The molecule has 0 unspecified atom stereocenters. The van der Waals surface area contributed by atoms with Crippen molar-refractivity contribution in [2.75, 3.05) is 19.3 Å². The normalized spacial score (nSPS) is 12.3. The molecule has 170 valence electrons. The molecule has 32 heavy (non-hydrogen) atoms. The number of aryl methyl sites for hydroxylation is 3. The predicted octanol–water partition coefficient (Wildman–Crippen LogP) is 2.38. The minimum atomic E-state index is -4.35. The molecule has 0 amide bonds. The van der Waals surface area contributed by atoms with E-state index in [2.05, 4.69) is 20.2 Å². The molecular formula is C20H23F3N8O. The number of nitrogens with two attached hydrogens (primary N) is 1. The highest BCUT2D eigenvalue weighted by Crippen LogP contribution is 2.25. The molecule has 0 spiro atoms. The summed E-state index contributed by atoms with van der Waals surface area (Å²) in [6.07, 6.45) is -1.65. The zero-order valence-electron chi connectivity index (χ0n) is 18.1. The van der Waals surface area contributed by atoms with Gasteiger partial charge in [0, 0.05) is 31.2 Å². The van der Waals surface area contributed by atoms with E-state index in [9.17, 15) is 18.0 Å². The van der Waals surface area contributed by atoms with Crippen LogP contribution in [-0.2, 0) is 4.79 Å². The molecule has 12 heteroatoms. The summed E-state index contributed by atoms with van der Waals surface area (Å²) < 4.78 is 40.6. The molecule has 0 saturated carbocycles. The first-order valence-electron chi connectivity index (χ1n) is 9.65. The zero-order valence-corrected chi connectivity index (χ0v) is 18.1. The molecule has 0 aliphatic carbocycles. The number of aromatic nitrogens is 5. The van der Waals surface area contributed by atoms with E-state index in [1.165, 1.54) is 11.7 Å². The van der Waals surface area contributed by atoms with Gasteiger partial charge in [0.25, 0.3) is 0 Å². The Morgan fingerprint density at radius 1 is 1.19 bits per heavy atom. The second kappa shape index (κ2) is 8.81. The summed E-state index contributed by atoms with van der Waals surface area (Å²) in [7, 11) is 1.39. The summed E-state index contributed by atoms with van der Waals surface area (Å²) in [5.74, 6) is 0.0963. The van der Waals surface area contributed by atoms with E-state index in [1.54, 1.807) is 38.4 Å². The largest absolute Gasteiger partial charge is 0.390 e. The molecule has 0 fully saturated rings. The third-order valence-electron chi connectivity index (χ3n) is 4.53. The Kier molecular flexibility index (Phi) is 6.32. The molecule has 0 saturated heterocycles. The van der Waals surface area contributed by atoms with Gasteiger partial charge in [0.15, 0.2) is 11.3 Å². The number of hydrogen-bond acceptors (Lipinski definition) is 7. The van der Waals surface area contributed by atoms with Crippen molar-refractivity contribution in [3.8, 4) is 16.9 Å². The first-order chi connectivity index (χ1) is 15.0. The predicted molar refractivity (Wildman–Crippen MR) is 112 cm³/mol. The van der Waals surface area contributed by atoms with Crippen molar-refractivity contribution >= 4 is 12.4 Å². The van der Waals surface area contributed by atoms with Crippen LogP contribution in [0.15, 0.2) is 29.6 Å². The van der Waals surface area contributed by atoms with Gasteiger partial charge in [0.2, 0.25) is 12.4 Å². The molecule has 3 heterocycles. The molecule has 3 rings (SSSR count). The number of anilines is 1. The third-order valence-corrected chi connectivity index (χ3v) is 4.53. The third kappa shape index (κ3) is 5.13. The van der Waals surface area contributed by atoms with Crippen LogP contribution in [-0.4, -0.2) is 55.5 Å². The quantitative estimate of drug-likeness (QED) is 0.458. The number of rotatable bonds is 6. The topological polar surface area (TPSA) is 107 Å². The molecule has 3 aromatic rings. The number of nitrogens with zero attached hydrogens (tertiary/aromatic N) is 7. The second-order valence-electron chi connectivity index (χ2n) is 7.41. The van der Waals surface area contributed by atoms with Gasteiger partial charge in [-0.3, -0.25) is 14.8 Å². The second-order valence-corrected chi connectivity index (χ2v) is 7.41. The summed E-state index contributed by atoms with van der Waals surface area (Å²) in [6, 6.07) is 3.54. The highest BCUT2D eigenvalue weighted by Gasteiger charge is 2.27. The maximum absolute atomic E-state index is 12.7. The van der Waals surface area contributed by atoms with Crippen molar-refractivity contribution in [3.05, 3.63) is 47.0 Å². The lowest BCUT2D eigenvalue weighted by atomic mass is 10.1. The number of hydrogen-bond donors (Lipinski definition) is 1. The van der Waals surface area contributed by atoms with Gasteiger partial charge in [-0.1, -0.05) is 0 Å². The summed E-state index contributed by atoms with van der Waals surface area (Å²) in [4.78, 5) is 20.6. The van der Waals surface area contributed by atoms with E-state index in [-0.39, 0.29) is 17.3 Å². The number of pyridine rings is 1. The van der Waals surface area contributed by atoms with Gasteiger partial charge in [-0.25, -0.2) is 9.25 Å². The summed E-state index contributed by atoms with van der Waals surface area (Å²) in [6.45, 7) is 5.05. The Hall–Kier alpha value is -3.70. The van der Waals surface area contributed by atoms with Gasteiger partial charge < -0.3 is 5.73 Å². The van der Waals surface area contributed by atoms with Crippen molar-refractivity contribution in [1.82, 2.24) is 29.3 Å². The minimum Gasteiger partial charge on any atom is -0.369 e. The van der Waals surface area contributed by atoms with Crippen LogP contribution in [0.2, 0.25) is 0 Å². The van der Waals surface area contributed by atoms with E-state index >= 15 is 0 Å². The lowest BCUT2D eigenvalue weighted by Gasteiger charge is -2.18. The van der Waals surface area contributed by atoms with Gasteiger partial charge >= 0.3 is 6.18 Å². The Morgan fingerprint density at radius 3 is 2.38 bits per heavy atom. The SMILES string of the molecule is Cc1cnn(-c2nc(N)n(C=O)/c(=N\N(C)CCC(F)(F)F)c2-c2cc(C)nc(C)c2)c1. The van der Waals surface area contributed by atoms with Gasteiger partial charge in [-0.2, -0.15) is 28.4 Å².